The first-order chi connectivity index (χ1) is 13.9. The molecule has 0 aliphatic carbocycles. The van der Waals surface area contributed by atoms with Crippen molar-refractivity contribution in [3.05, 3.63) is 94.6 Å². The monoisotopic (exact) mass is 386 g/mol. The Morgan fingerprint density at radius 2 is 1.83 bits per heavy atom. The lowest BCUT2D eigenvalue weighted by molar-refractivity contribution is 0.0224. The van der Waals surface area contributed by atoms with Gasteiger partial charge in [0, 0.05) is 22.8 Å². The lowest BCUT2D eigenvalue weighted by atomic mass is 9.70. The van der Waals surface area contributed by atoms with Gasteiger partial charge in [0.1, 0.15) is 19.3 Å². The average molecular weight is 386 g/mol. The third-order valence-corrected chi connectivity index (χ3v) is 5.36. The molecule has 2 heterocycles. The third-order valence-electron chi connectivity index (χ3n) is 5.36. The van der Waals surface area contributed by atoms with Crippen LogP contribution < -0.4 is 10.2 Å². The Bertz CT molecular complexity index is 1250. The zero-order valence-corrected chi connectivity index (χ0v) is 15.4. The van der Waals surface area contributed by atoms with Crippen molar-refractivity contribution in [2.45, 2.75) is 12.5 Å². The molecule has 2 aliphatic rings. The van der Waals surface area contributed by atoms with Gasteiger partial charge in [-0.15, -0.1) is 0 Å². The molecule has 0 aromatic heterocycles. The Balaban J connectivity index is 2.02. The number of halogens is 2. The van der Waals surface area contributed by atoms with Crippen LogP contribution in [0.2, 0.25) is 0 Å². The van der Waals surface area contributed by atoms with Crippen molar-refractivity contribution in [2.75, 3.05) is 0 Å². The molecule has 0 bridgehead atoms. The molecule has 0 saturated heterocycles. The second kappa shape index (κ2) is 5.80. The molecule has 0 fully saturated rings. The fourth-order valence-electron chi connectivity index (χ4n) is 4.28. The number of hydrogen-bond donors (Lipinski definition) is 0. The molecule has 1 atom stereocenters. The first kappa shape index (κ1) is 17.7. The number of carbonyl (C=O) groups is 1. The maximum absolute atomic E-state index is 15.0. The van der Waals surface area contributed by atoms with Crippen LogP contribution in [0.25, 0.3) is 5.57 Å². The zero-order valence-electron chi connectivity index (χ0n) is 15.4. The maximum atomic E-state index is 15.0. The molecule has 3 nitrogen and oxygen atoms in total. The molecule has 2 radical (unpaired) electrons. The van der Waals surface area contributed by atoms with Crippen LogP contribution in [-0.4, -0.2) is 13.8 Å². The van der Waals surface area contributed by atoms with Crippen LogP contribution in [0.15, 0.2) is 55.1 Å². The summed E-state index contributed by atoms with van der Waals surface area (Å²) < 4.78 is 41.2. The number of carbonyl (C=O) groups excluding carboxylic acids is 1. The van der Waals surface area contributed by atoms with Gasteiger partial charge in [0.2, 0.25) is 0 Å². The molecule has 2 aliphatic heterocycles. The van der Waals surface area contributed by atoms with Gasteiger partial charge in [-0.2, -0.15) is 0 Å². The van der Waals surface area contributed by atoms with Gasteiger partial charge in [-0.3, -0.25) is 0 Å². The summed E-state index contributed by atoms with van der Waals surface area (Å²) in [5.41, 5.74) is 0.190. The van der Waals surface area contributed by atoms with Crippen molar-refractivity contribution in [2.24, 2.45) is 0 Å². The standard InChI is InChI=1S/C23H13BF2O3/c1-11(2)18-20-17(10-15(25)21(18)26)28-16-9-4-3-7-13(16)23(20)19-12(22(27)29-23)6-5-8-14(19)24/h3-10H,1H2,2H3. The van der Waals surface area contributed by atoms with Crippen molar-refractivity contribution in [3.8, 4) is 11.5 Å². The minimum atomic E-state index is -1.58. The Kier molecular flexibility index (Phi) is 3.53. The molecule has 0 saturated carbocycles. The van der Waals surface area contributed by atoms with E-state index in [1.165, 1.54) is 0 Å². The van der Waals surface area contributed by atoms with Crippen LogP contribution in [0.3, 0.4) is 0 Å². The van der Waals surface area contributed by atoms with Gasteiger partial charge in [0.15, 0.2) is 17.2 Å². The van der Waals surface area contributed by atoms with Crippen LogP contribution in [-0.2, 0) is 10.3 Å². The summed E-state index contributed by atoms with van der Waals surface area (Å²) in [6.07, 6.45) is 0. The molecule has 0 N–H and O–H groups in total. The second-order valence-electron chi connectivity index (χ2n) is 7.14. The molecular formula is C23H13BF2O3. The summed E-state index contributed by atoms with van der Waals surface area (Å²) in [5.74, 6) is -2.36. The largest absolute Gasteiger partial charge is 0.456 e. The second-order valence-corrected chi connectivity index (χ2v) is 7.14. The van der Waals surface area contributed by atoms with E-state index in [0.29, 0.717) is 22.3 Å². The molecular weight excluding hydrogens is 373 g/mol. The molecule has 0 amide bonds. The number of benzene rings is 3. The van der Waals surface area contributed by atoms with Gasteiger partial charge in [-0.25, -0.2) is 13.6 Å². The van der Waals surface area contributed by atoms with Crippen molar-refractivity contribution < 1.29 is 23.0 Å². The SMILES string of the molecule is [B]c1cccc2c1C1(OC2=O)c2ccccc2Oc2cc(F)c(F)c(C(=C)C)c21. The van der Waals surface area contributed by atoms with E-state index in [0.717, 1.165) is 6.07 Å². The van der Waals surface area contributed by atoms with Crippen molar-refractivity contribution in [1.29, 1.82) is 0 Å². The highest BCUT2D eigenvalue weighted by atomic mass is 19.2. The molecule has 6 heteroatoms. The first-order valence-corrected chi connectivity index (χ1v) is 8.94. The van der Waals surface area contributed by atoms with Crippen LogP contribution in [0.1, 0.15) is 39.5 Å². The number of esters is 1. The number of ether oxygens (including phenoxy) is 2. The predicted molar refractivity (Wildman–Crippen MR) is 105 cm³/mol. The van der Waals surface area contributed by atoms with Crippen molar-refractivity contribution >= 4 is 24.9 Å². The highest BCUT2D eigenvalue weighted by Gasteiger charge is 2.55. The van der Waals surface area contributed by atoms with Crippen molar-refractivity contribution in [3.63, 3.8) is 0 Å². The Morgan fingerprint density at radius 3 is 2.59 bits per heavy atom. The average Bonchev–Trinajstić information content (AvgIpc) is 2.98. The molecule has 5 rings (SSSR count). The minimum absolute atomic E-state index is 0.0458. The summed E-state index contributed by atoms with van der Waals surface area (Å²) >= 11 is 0. The minimum Gasteiger partial charge on any atom is -0.456 e. The summed E-state index contributed by atoms with van der Waals surface area (Å²) in [7, 11) is 6.28. The smallest absolute Gasteiger partial charge is 0.340 e. The molecule has 1 unspecified atom stereocenters. The zero-order chi connectivity index (χ0) is 20.5. The Morgan fingerprint density at radius 1 is 1.07 bits per heavy atom. The molecule has 1 spiro atoms. The summed E-state index contributed by atoms with van der Waals surface area (Å²) in [6, 6.07) is 12.7. The van der Waals surface area contributed by atoms with E-state index in [1.807, 2.05) is 0 Å². The van der Waals surface area contributed by atoms with Gasteiger partial charge >= 0.3 is 5.97 Å². The molecule has 140 valence electrons. The van der Waals surface area contributed by atoms with E-state index < -0.39 is 23.2 Å². The van der Waals surface area contributed by atoms with Crippen molar-refractivity contribution in [1.82, 2.24) is 0 Å². The normalized spacial score (nSPS) is 18.5. The van der Waals surface area contributed by atoms with Crippen LogP contribution >= 0.6 is 0 Å². The lowest BCUT2D eigenvalue weighted by Crippen LogP contribution is -2.38. The highest BCUT2D eigenvalue weighted by Crippen LogP contribution is 2.57. The van der Waals surface area contributed by atoms with E-state index in [4.69, 9.17) is 17.3 Å². The van der Waals surface area contributed by atoms with E-state index in [1.54, 1.807) is 49.4 Å². The van der Waals surface area contributed by atoms with Crippen LogP contribution in [0, 0.1) is 11.6 Å². The number of rotatable bonds is 1. The maximum Gasteiger partial charge on any atom is 0.340 e. The number of hydrogen-bond acceptors (Lipinski definition) is 3. The van der Waals surface area contributed by atoms with E-state index in [2.05, 4.69) is 6.58 Å². The Labute approximate surface area is 167 Å². The van der Waals surface area contributed by atoms with E-state index in [-0.39, 0.29) is 28.0 Å². The fraction of sp³-hybridized carbons (Fsp3) is 0.0870. The quantitative estimate of drug-likeness (QED) is 0.461. The lowest BCUT2D eigenvalue weighted by Gasteiger charge is -2.38. The van der Waals surface area contributed by atoms with Crippen LogP contribution in [0.5, 0.6) is 11.5 Å². The van der Waals surface area contributed by atoms with Crippen LogP contribution in [0.4, 0.5) is 8.78 Å². The molecule has 3 aromatic rings. The molecule has 3 aromatic carbocycles. The first-order valence-electron chi connectivity index (χ1n) is 8.94. The summed E-state index contributed by atoms with van der Waals surface area (Å²) in [6.45, 7) is 5.36. The van der Waals surface area contributed by atoms with Gasteiger partial charge in [-0.1, -0.05) is 42.4 Å². The summed E-state index contributed by atoms with van der Waals surface area (Å²) in [5, 5.41) is 0. The van der Waals surface area contributed by atoms with Gasteiger partial charge in [0.25, 0.3) is 0 Å². The number of allylic oxidation sites excluding steroid dienone is 1. The van der Waals surface area contributed by atoms with E-state index in [9.17, 15) is 13.6 Å². The number of fused-ring (bicyclic) bond motifs is 6. The topological polar surface area (TPSA) is 35.5 Å². The van der Waals surface area contributed by atoms with E-state index >= 15 is 0 Å². The highest BCUT2D eigenvalue weighted by molar-refractivity contribution is 6.34. The predicted octanol–water partition coefficient (Wildman–Crippen LogP) is 4.36. The third kappa shape index (κ3) is 2.14. The number of para-hydroxylation sites is 1. The summed E-state index contributed by atoms with van der Waals surface area (Å²) in [4.78, 5) is 12.8. The Hall–Kier alpha value is -3.41. The van der Waals surface area contributed by atoms with Gasteiger partial charge < -0.3 is 9.47 Å². The van der Waals surface area contributed by atoms with Gasteiger partial charge in [-0.05, 0) is 24.6 Å². The molecule has 29 heavy (non-hydrogen) atoms. The van der Waals surface area contributed by atoms with Gasteiger partial charge in [0.05, 0.1) is 11.1 Å². The fourth-order valence-corrected chi connectivity index (χ4v) is 4.28.